The zero-order valence-electron chi connectivity index (χ0n) is 12.3. The van der Waals surface area contributed by atoms with Crippen LogP contribution >= 0.6 is 15.9 Å². The molecule has 0 unspecified atom stereocenters. The summed E-state index contributed by atoms with van der Waals surface area (Å²) < 4.78 is 6.38. The van der Waals surface area contributed by atoms with E-state index in [1.807, 2.05) is 24.3 Å². The zero-order valence-corrected chi connectivity index (χ0v) is 13.9. The van der Waals surface area contributed by atoms with E-state index in [1.54, 1.807) is 13.2 Å². The topological polar surface area (TPSA) is 54.2 Å². The van der Waals surface area contributed by atoms with Crippen LogP contribution in [0.15, 0.2) is 45.0 Å². The van der Waals surface area contributed by atoms with Crippen LogP contribution in [0, 0.1) is 0 Å². The number of methoxy groups -OCH3 is 1. The molecule has 2 aromatic rings. The molecule has 1 aliphatic carbocycles. The van der Waals surface area contributed by atoms with Gasteiger partial charge in [0.1, 0.15) is 17.2 Å². The minimum absolute atomic E-state index is 0.123. The summed E-state index contributed by atoms with van der Waals surface area (Å²) in [6.45, 7) is 0. The lowest BCUT2D eigenvalue weighted by Crippen LogP contribution is -2.05. The SMILES string of the molecule is COc1cc(O)c(N=Nc2ccc(Br)cc2)c2c1CCCC2. The van der Waals surface area contributed by atoms with Crippen LogP contribution in [0.1, 0.15) is 24.0 Å². The van der Waals surface area contributed by atoms with Crippen molar-refractivity contribution in [1.82, 2.24) is 0 Å². The van der Waals surface area contributed by atoms with E-state index in [4.69, 9.17) is 4.74 Å². The number of fused-ring (bicyclic) bond motifs is 1. The molecule has 0 atom stereocenters. The molecular formula is C17H17BrN2O2. The smallest absolute Gasteiger partial charge is 0.147 e. The van der Waals surface area contributed by atoms with E-state index in [0.29, 0.717) is 5.69 Å². The summed E-state index contributed by atoms with van der Waals surface area (Å²) in [7, 11) is 1.63. The molecule has 0 heterocycles. The second-order valence-electron chi connectivity index (χ2n) is 5.29. The Kier molecular flexibility index (Phi) is 4.43. The highest BCUT2D eigenvalue weighted by molar-refractivity contribution is 9.10. The first-order valence-electron chi connectivity index (χ1n) is 7.28. The zero-order chi connectivity index (χ0) is 15.5. The van der Waals surface area contributed by atoms with Crippen molar-refractivity contribution in [3.63, 3.8) is 0 Å². The fourth-order valence-electron chi connectivity index (χ4n) is 2.78. The van der Waals surface area contributed by atoms with Crippen LogP contribution in [0.25, 0.3) is 0 Å². The highest BCUT2D eigenvalue weighted by Gasteiger charge is 2.21. The van der Waals surface area contributed by atoms with Crippen molar-refractivity contribution < 1.29 is 9.84 Å². The molecule has 2 aromatic carbocycles. The Bertz CT molecular complexity index is 712. The van der Waals surface area contributed by atoms with E-state index >= 15 is 0 Å². The third-order valence-electron chi connectivity index (χ3n) is 3.87. The second kappa shape index (κ2) is 6.48. The Morgan fingerprint density at radius 3 is 2.41 bits per heavy atom. The molecular weight excluding hydrogens is 344 g/mol. The maximum Gasteiger partial charge on any atom is 0.147 e. The van der Waals surface area contributed by atoms with E-state index < -0.39 is 0 Å². The van der Waals surface area contributed by atoms with Gasteiger partial charge in [-0.1, -0.05) is 15.9 Å². The van der Waals surface area contributed by atoms with Gasteiger partial charge in [0.15, 0.2) is 0 Å². The maximum atomic E-state index is 10.3. The highest BCUT2D eigenvalue weighted by Crippen LogP contribution is 2.43. The summed E-state index contributed by atoms with van der Waals surface area (Å²) in [5.41, 5.74) is 3.53. The minimum atomic E-state index is 0.123. The van der Waals surface area contributed by atoms with Crippen molar-refractivity contribution in [2.45, 2.75) is 25.7 Å². The number of phenolic OH excluding ortho intramolecular Hbond substituents is 1. The number of phenols is 1. The van der Waals surface area contributed by atoms with Crippen LogP contribution in [0.4, 0.5) is 11.4 Å². The lowest BCUT2D eigenvalue weighted by atomic mass is 9.89. The molecule has 22 heavy (non-hydrogen) atoms. The monoisotopic (exact) mass is 360 g/mol. The van der Waals surface area contributed by atoms with Crippen molar-refractivity contribution in [3.05, 3.63) is 45.9 Å². The third kappa shape index (κ3) is 2.99. The summed E-state index contributed by atoms with van der Waals surface area (Å²) in [4.78, 5) is 0. The molecule has 1 N–H and O–H groups in total. The summed E-state index contributed by atoms with van der Waals surface area (Å²) >= 11 is 3.39. The number of hydrogen-bond donors (Lipinski definition) is 1. The fraction of sp³-hybridized carbons (Fsp3) is 0.294. The summed E-state index contributed by atoms with van der Waals surface area (Å²) in [5.74, 6) is 0.869. The molecule has 5 heteroatoms. The van der Waals surface area contributed by atoms with Gasteiger partial charge in [0.2, 0.25) is 0 Å². The predicted molar refractivity (Wildman–Crippen MR) is 89.6 cm³/mol. The average Bonchev–Trinajstić information content (AvgIpc) is 2.55. The number of ether oxygens (including phenoxy) is 1. The van der Waals surface area contributed by atoms with Gasteiger partial charge < -0.3 is 9.84 Å². The molecule has 0 aromatic heterocycles. The molecule has 0 saturated carbocycles. The predicted octanol–water partition coefficient (Wildman–Crippen LogP) is 5.46. The Balaban J connectivity index is 2.01. The Hall–Kier alpha value is -1.88. The molecule has 1 aliphatic rings. The van der Waals surface area contributed by atoms with Crippen molar-refractivity contribution >= 4 is 27.3 Å². The van der Waals surface area contributed by atoms with Crippen molar-refractivity contribution in [1.29, 1.82) is 0 Å². The summed E-state index contributed by atoms with van der Waals surface area (Å²) in [6.07, 6.45) is 4.09. The first kappa shape index (κ1) is 15.0. The molecule has 114 valence electrons. The largest absolute Gasteiger partial charge is 0.505 e. The molecule has 0 spiro atoms. The van der Waals surface area contributed by atoms with Crippen molar-refractivity contribution in [2.24, 2.45) is 10.2 Å². The molecule has 4 nitrogen and oxygen atoms in total. The number of aromatic hydroxyl groups is 1. The van der Waals surface area contributed by atoms with Crippen LogP contribution in [-0.2, 0) is 12.8 Å². The van der Waals surface area contributed by atoms with Crippen LogP contribution in [0.2, 0.25) is 0 Å². The van der Waals surface area contributed by atoms with E-state index in [2.05, 4.69) is 26.2 Å². The number of halogens is 1. The molecule has 3 rings (SSSR count). The second-order valence-corrected chi connectivity index (χ2v) is 6.20. The standard InChI is InChI=1S/C17H17BrN2O2/c1-22-16-10-15(21)17(14-5-3-2-4-13(14)16)20-19-12-8-6-11(18)7-9-12/h6-10,21H,2-5H2,1H3. The number of nitrogens with zero attached hydrogens (tertiary/aromatic N) is 2. The molecule has 0 aliphatic heterocycles. The molecule has 0 radical (unpaired) electrons. The first-order valence-corrected chi connectivity index (χ1v) is 8.07. The van der Waals surface area contributed by atoms with Crippen LogP contribution < -0.4 is 4.74 Å². The third-order valence-corrected chi connectivity index (χ3v) is 4.40. The van der Waals surface area contributed by atoms with Crippen LogP contribution in [-0.4, -0.2) is 12.2 Å². The lowest BCUT2D eigenvalue weighted by Gasteiger charge is -2.20. The normalized spacial score (nSPS) is 14.1. The van der Waals surface area contributed by atoms with Gasteiger partial charge in [-0.3, -0.25) is 0 Å². The van der Waals surface area contributed by atoms with Crippen molar-refractivity contribution in [2.75, 3.05) is 7.11 Å². The molecule has 0 bridgehead atoms. The van der Waals surface area contributed by atoms with Gasteiger partial charge in [-0.2, -0.15) is 5.11 Å². The molecule has 0 saturated heterocycles. The summed E-state index contributed by atoms with van der Waals surface area (Å²) in [6, 6.07) is 9.22. The highest BCUT2D eigenvalue weighted by atomic mass is 79.9. The maximum absolute atomic E-state index is 10.3. The number of benzene rings is 2. The number of hydrogen-bond acceptors (Lipinski definition) is 4. The molecule has 0 fully saturated rings. The van der Waals surface area contributed by atoms with Gasteiger partial charge in [-0.15, -0.1) is 5.11 Å². The fourth-order valence-corrected chi connectivity index (χ4v) is 3.05. The number of azo groups is 1. The Labute approximate surface area is 138 Å². The van der Waals surface area contributed by atoms with Gasteiger partial charge in [0.05, 0.1) is 12.8 Å². The number of rotatable bonds is 3. The summed E-state index contributed by atoms with van der Waals surface area (Å²) in [5, 5.41) is 18.8. The van der Waals surface area contributed by atoms with Gasteiger partial charge in [-0.05, 0) is 61.1 Å². The van der Waals surface area contributed by atoms with Crippen molar-refractivity contribution in [3.8, 4) is 11.5 Å². The van der Waals surface area contributed by atoms with E-state index in [0.717, 1.165) is 52.7 Å². The van der Waals surface area contributed by atoms with E-state index in [-0.39, 0.29) is 5.75 Å². The van der Waals surface area contributed by atoms with Crippen LogP contribution in [0.3, 0.4) is 0 Å². The Morgan fingerprint density at radius 2 is 1.73 bits per heavy atom. The van der Waals surface area contributed by atoms with E-state index in [9.17, 15) is 5.11 Å². The lowest BCUT2D eigenvalue weighted by molar-refractivity contribution is 0.399. The van der Waals surface area contributed by atoms with Gasteiger partial charge >= 0.3 is 0 Å². The molecule has 0 amide bonds. The first-order chi connectivity index (χ1) is 10.7. The van der Waals surface area contributed by atoms with Gasteiger partial charge in [-0.25, -0.2) is 0 Å². The van der Waals surface area contributed by atoms with E-state index in [1.165, 1.54) is 0 Å². The average molecular weight is 361 g/mol. The van der Waals surface area contributed by atoms with Gasteiger partial charge in [0.25, 0.3) is 0 Å². The minimum Gasteiger partial charge on any atom is -0.505 e. The van der Waals surface area contributed by atoms with Crippen LogP contribution in [0.5, 0.6) is 11.5 Å². The Morgan fingerprint density at radius 1 is 1.05 bits per heavy atom. The van der Waals surface area contributed by atoms with Gasteiger partial charge in [0, 0.05) is 10.5 Å². The quantitative estimate of drug-likeness (QED) is 0.739.